The number of halogens is 1. The van der Waals surface area contributed by atoms with Gasteiger partial charge in [0.2, 0.25) is 29.5 Å². The van der Waals surface area contributed by atoms with Crippen LogP contribution in [0.3, 0.4) is 0 Å². The first-order valence-electron chi connectivity index (χ1n) is 27.0. The van der Waals surface area contributed by atoms with Crippen LogP contribution in [-0.4, -0.2) is 163 Å². The summed E-state index contributed by atoms with van der Waals surface area (Å²) < 4.78 is 28.1. The number of allylic oxidation sites excluding steroid dienone is 2. The number of aromatic nitrogens is 3. The average molecular weight is 1080 g/mol. The predicted octanol–water partition coefficient (Wildman–Crippen LogP) is 4.54. The van der Waals surface area contributed by atoms with E-state index in [9.17, 15) is 33.6 Å². The second-order valence-corrected chi connectivity index (χ2v) is 21.3. The third-order valence-corrected chi connectivity index (χ3v) is 14.6. The van der Waals surface area contributed by atoms with Crippen LogP contribution in [0.5, 0.6) is 0 Å². The van der Waals surface area contributed by atoms with Crippen molar-refractivity contribution >= 4 is 41.0 Å². The van der Waals surface area contributed by atoms with E-state index in [0.29, 0.717) is 60.6 Å². The SMILES string of the molecule is C=C1/C=C(F)\C=C/CC(=O)N(C)Cc2nn(CCN(C)C(=O)CCOCCOCCN[C@@H]3C[C@H](C(=O)N[C@@H](CC)c4ccccc4)N(C(=O)[C@H](NC(=O)[C@@H](C)NC)C(C)(C)C)C3)c(C#N)c2-c2cnc(N)c(c2)N2CCC[C@H]12. The van der Waals surface area contributed by atoms with E-state index in [1.54, 1.807) is 48.7 Å². The number of hydrogen-bond acceptors (Lipinski definition) is 14. The maximum Gasteiger partial charge on any atom is 0.246 e. The summed E-state index contributed by atoms with van der Waals surface area (Å²) in [6, 6.07) is 11.0. The number of fused-ring (bicyclic) bond motifs is 6. The van der Waals surface area contributed by atoms with Crippen molar-refractivity contribution in [3.63, 3.8) is 0 Å². The van der Waals surface area contributed by atoms with Gasteiger partial charge in [-0.25, -0.2) is 9.37 Å². The van der Waals surface area contributed by atoms with Crippen molar-refractivity contribution in [3.8, 4) is 17.2 Å². The maximum atomic E-state index is 15.0. The zero-order valence-corrected chi connectivity index (χ0v) is 46.6. The Bertz CT molecular complexity index is 2700. The third-order valence-electron chi connectivity index (χ3n) is 14.6. The molecule has 0 saturated carbocycles. The zero-order chi connectivity index (χ0) is 56.7. The quantitative estimate of drug-likeness (QED) is 0.0921. The summed E-state index contributed by atoms with van der Waals surface area (Å²) in [5.74, 6) is -1.58. The molecular weight excluding hydrogens is 998 g/mol. The van der Waals surface area contributed by atoms with E-state index in [-0.39, 0.29) is 118 Å². The largest absolute Gasteiger partial charge is 0.382 e. The van der Waals surface area contributed by atoms with Crippen molar-refractivity contribution in [2.75, 3.05) is 84.4 Å². The number of amides is 5. The van der Waals surface area contributed by atoms with Gasteiger partial charge >= 0.3 is 0 Å². The highest BCUT2D eigenvalue weighted by atomic mass is 19.1. The number of nitrogens with two attached hydrogens (primary N) is 1. The van der Waals surface area contributed by atoms with Gasteiger partial charge in [0.1, 0.15) is 35.5 Å². The molecule has 1 aromatic carbocycles. The number of nitrogen functional groups attached to an aromatic ring is 1. The Hall–Kier alpha value is -6.99. The molecule has 6 atom stereocenters. The number of likely N-dealkylation sites (tertiary alicyclic amines) is 1. The summed E-state index contributed by atoms with van der Waals surface area (Å²) in [6.45, 7) is 16.4. The van der Waals surface area contributed by atoms with Gasteiger partial charge in [-0.2, -0.15) is 10.4 Å². The molecule has 2 saturated heterocycles. The number of hydrogen-bond donors (Lipinski definition) is 5. The van der Waals surface area contributed by atoms with E-state index >= 15 is 0 Å². The average Bonchev–Trinajstić information content (AvgIpc) is 4.32. The highest BCUT2D eigenvalue weighted by Gasteiger charge is 2.45. The summed E-state index contributed by atoms with van der Waals surface area (Å²) >= 11 is 0. The molecule has 3 aliphatic rings. The lowest BCUT2D eigenvalue weighted by Crippen LogP contribution is -2.59. The van der Waals surface area contributed by atoms with Gasteiger partial charge in [-0.1, -0.05) is 70.7 Å². The minimum absolute atomic E-state index is 0.0486. The summed E-state index contributed by atoms with van der Waals surface area (Å²) in [4.78, 5) is 79.2. The molecule has 20 nitrogen and oxygen atoms in total. The fraction of sp³-hybridized carbons (Fsp3) is 0.544. The first kappa shape index (κ1) is 60.2. The molecule has 21 heteroatoms. The van der Waals surface area contributed by atoms with E-state index in [2.05, 4.69) is 43.8 Å². The summed E-state index contributed by atoms with van der Waals surface area (Å²) in [6.07, 6.45) is 8.33. The number of nitrogens with zero attached hydrogens (tertiary/aromatic N) is 8. The standard InChI is InChI=1S/C57H80FN13O7/c1-10-43(39-16-12-11-13-17-39)64-55(75)47-32-42(35-70(47)56(76)52(57(4,5)6)65-54(74)38(3)61-7)62-22-27-78-29-28-77-26-21-50(73)67(8)24-25-71-48(33-59)51-40-31-46(53(60)63-34-40)69-23-15-19-45(69)37(2)30-41(58)18-14-20-49(72)68(9)36-44(51)66-71/h11-14,16-18,30-31,34,38,42-43,45,47,52,61-62H,2,10,15,19-29,32,35-36H2,1,3-9H3,(H2,60,63)(H,64,75)(H,65,74)/b18-14-,41-30+/t38-,42-,43+,45-,47-,52+/m1/s1. The Kier molecular flexibility index (Phi) is 21.7. The number of ether oxygens (including phenoxy) is 2. The molecule has 78 heavy (non-hydrogen) atoms. The monoisotopic (exact) mass is 1080 g/mol. The topological polar surface area (TPSA) is 245 Å². The number of nitriles is 1. The molecule has 0 aliphatic carbocycles. The second kappa shape index (κ2) is 28.1. The van der Waals surface area contributed by atoms with Gasteiger partial charge < -0.3 is 56.1 Å². The third kappa shape index (κ3) is 15.6. The Balaban J connectivity index is 1.00. The van der Waals surface area contributed by atoms with Crippen molar-refractivity contribution < 1.29 is 37.8 Å². The van der Waals surface area contributed by atoms with Crippen molar-refractivity contribution in [1.82, 2.24) is 50.7 Å². The van der Waals surface area contributed by atoms with E-state index < -0.39 is 29.4 Å². The lowest BCUT2D eigenvalue weighted by atomic mass is 9.85. The maximum absolute atomic E-state index is 15.0. The fourth-order valence-electron chi connectivity index (χ4n) is 9.97. The lowest BCUT2D eigenvalue weighted by Gasteiger charge is -2.36. The number of rotatable bonds is 21. The smallest absolute Gasteiger partial charge is 0.246 e. The van der Waals surface area contributed by atoms with Crippen molar-refractivity contribution in [3.05, 3.63) is 95.8 Å². The number of nitrogens with one attached hydrogen (secondary N) is 4. The van der Waals surface area contributed by atoms with Crippen LogP contribution in [0.25, 0.3) is 11.1 Å². The van der Waals surface area contributed by atoms with Crippen LogP contribution in [0.15, 0.2) is 78.8 Å². The van der Waals surface area contributed by atoms with Gasteiger partial charge in [-0.05, 0) is 74.4 Å². The van der Waals surface area contributed by atoms with Crippen LogP contribution < -0.4 is 31.9 Å². The molecule has 2 bridgehead atoms. The molecule has 0 unspecified atom stereocenters. The Morgan fingerprint density at radius 3 is 2.51 bits per heavy atom. The van der Waals surface area contributed by atoms with Crippen molar-refractivity contribution in [2.24, 2.45) is 5.41 Å². The molecule has 0 radical (unpaired) electrons. The van der Waals surface area contributed by atoms with Crippen molar-refractivity contribution in [2.45, 2.75) is 122 Å². The van der Waals surface area contributed by atoms with E-state index in [4.69, 9.17) is 20.3 Å². The molecule has 422 valence electrons. The summed E-state index contributed by atoms with van der Waals surface area (Å²) in [7, 11) is 4.97. The normalized spacial score (nSPS) is 20.2. The molecule has 6 rings (SSSR count). The summed E-state index contributed by atoms with van der Waals surface area (Å²) in [5.41, 5.74) is 9.73. The first-order chi connectivity index (χ1) is 37.2. The summed E-state index contributed by atoms with van der Waals surface area (Å²) in [5, 5.41) is 27.9. The van der Waals surface area contributed by atoms with Crippen LogP contribution in [0, 0.1) is 16.7 Å². The highest BCUT2D eigenvalue weighted by molar-refractivity contribution is 5.94. The molecule has 3 aromatic rings. The molecule has 5 heterocycles. The molecule has 0 spiro atoms. The molecule has 2 fully saturated rings. The van der Waals surface area contributed by atoms with Gasteiger partial charge in [0.05, 0.1) is 75.4 Å². The minimum atomic E-state index is -0.876. The minimum Gasteiger partial charge on any atom is -0.382 e. The molecular formula is C57H80FN13O7. The van der Waals surface area contributed by atoms with Crippen LogP contribution in [0.2, 0.25) is 0 Å². The number of anilines is 2. The first-order valence-corrected chi connectivity index (χ1v) is 27.0. The fourth-order valence-corrected chi connectivity index (χ4v) is 9.97. The van der Waals surface area contributed by atoms with Gasteiger partial charge in [0, 0.05) is 70.1 Å². The Morgan fingerprint density at radius 2 is 1.82 bits per heavy atom. The highest BCUT2D eigenvalue weighted by Crippen LogP contribution is 2.38. The van der Waals surface area contributed by atoms with Crippen LogP contribution in [0.1, 0.15) is 96.1 Å². The van der Waals surface area contributed by atoms with E-state index in [0.717, 1.165) is 18.4 Å². The number of likely N-dealkylation sites (N-methyl/N-ethyl adjacent to an activating group) is 2. The van der Waals surface area contributed by atoms with Crippen molar-refractivity contribution in [1.29, 1.82) is 5.26 Å². The molecule has 3 aliphatic heterocycles. The van der Waals surface area contributed by atoms with E-state index in [1.807, 2.05) is 64.1 Å². The number of carbonyl (C=O) groups is 5. The van der Waals surface area contributed by atoms with Gasteiger partial charge in [0.15, 0.2) is 0 Å². The molecule has 6 N–H and O–H groups in total. The predicted molar refractivity (Wildman–Crippen MR) is 297 cm³/mol. The van der Waals surface area contributed by atoms with Gasteiger partial charge in [0.25, 0.3) is 0 Å². The second-order valence-electron chi connectivity index (χ2n) is 21.3. The van der Waals surface area contributed by atoms with Crippen LogP contribution in [0.4, 0.5) is 15.9 Å². The molecule has 2 aromatic heterocycles. The number of pyridine rings is 1. The van der Waals surface area contributed by atoms with Crippen LogP contribution >= 0.6 is 0 Å². The van der Waals surface area contributed by atoms with Gasteiger partial charge in [-0.3, -0.25) is 28.7 Å². The number of carbonyl (C=O) groups excluding carboxylic acids is 5. The van der Waals surface area contributed by atoms with Crippen LogP contribution in [-0.2, 0) is 46.5 Å². The van der Waals surface area contributed by atoms with Gasteiger partial charge in [-0.15, -0.1) is 0 Å². The van der Waals surface area contributed by atoms with E-state index in [1.165, 1.54) is 23.1 Å². The zero-order valence-electron chi connectivity index (χ0n) is 46.6. The lowest BCUT2D eigenvalue weighted by molar-refractivity contribution is -0.144. The Morgan fingerprint density at radius 1 is 1.09 bits per heavy atom. The molecule has 5 amide bonds. The Labute approximate surface area is 458 Å². The number of benzene rings is 1.